The first-order valence-electron chi connectivity index (χ1n) is 7.24. The van der Waals surface area contributed by atoms with Crippen molar-refractivity contribution in [2.75, 3.05) is 0 Å². The molecular weight excluding hydrogens is 262 g/mol. The Kier molecular flexibility index (Phi) is 2.11. The number of para-hydroxylation sites is 1. The van der Waals surface area contributed by atoms with Crippen LogP contribution in [-0.4, -0.2) is 4.98 Å². The fraction of sp³-hybridized carbons (Fsp3) is 0.222. The number of aromatic nitrogens is 1. The summed E-state index contributed by atoms with van der Waals surface area (Å²) in [6, 6.07) is 13.2. The second-order valence-corrected chi connectivity index (χ2v) is 6.86. The average Bonchev–Trinajstić information content (AvgIpc) is 3.20. The maximum Gasteiger partial charge on any atom is 0.0459 e. The van der Waals surface area contributed by atoms with Gasteiger partial charge in [0.25, 0.3) is 0 Å². The summed E-state index contributed by atoms with van der Waals surface area (Å²) < 4.78 is 0. The van der Waals surface area contributed by atoms with Crippen molar-refractivity contribution in [1.29, 1.82) is 0 Å². The van der Waals surface area contributed by atoms with E-state index < -0.39 is 0 Å². The number of fused-ring (bicyclic) bond motifs is 6. The molecule has 1 aromatic carbocycles. The summed E-state index contributed by atoms with van der Waals surface area (Å²) in [7, 11) is 0. The van der Waals surface area contributed by atoms with Crippen molar-refractivity contribution in [2.45, 2.75) is 18.3 Å². The first-order chi connectivity index (χ1) is 9.92. The molecule has 3 atom stereocenters. The standard InChI is InChI=1S/C18H15NS/c1-2-5-14-13(4-1)17-16(15-6-3-9-20-15)11-7-8-12(10-11)18(17)19-14/h1-9,11-12,16,19H,10H2/t11-,12+,16-/m1/s1. The van der Waals surface area contributed by atoms with Gasteiger partial charge in [0.05, 0.1) is 0 Å². The lowest BCUT2D eigenvalue weighted by Crippen LogP contribution is -2.17. The third kappa shape index (κ3) is 1.32. The second kappa shape index (κ2) is 3.86. The molecule has 2 aromatic heterocycles. The van der Waals surface area contributed by atoms with Gasteiger partial charge in [-0.15, -0.1) is 11.3 Å². The van der Waals surface area contributed by atoms with Crippen molar-refractivity contribution >= 4 is 22.2 Å². The van der Waals surface area contributed by atoms with E-state index in [2.05, 4.69) is 58.9 Å². The Labute approximate surface area is 122 Å². The minimum atomic E-state index is 0.538. The number of H-pyrrole nitrogens is 1. The van der Waals surface area contributed by atoms with Crippen LogP contribution < -0.4 is 0 Å². The van der Waals surface area contributed by atoms with E-state index in [1.165, 1.54) is 27.9 Å². The number of benzene rings is 1. The van der Waals surface area contributed by atoms with E-state index in [0.29, 0.717) is 17.8 Å². The van der Waals surface area contributed by atoms with Gasteiger partial charge in [0.2, 0.25) is 0 Å². The zero-order valence-corrected chi connectivity index (χ0v) is 11.9. The Morgan fingerprint density at radius 2 is 2.00 bits per heavy atom. The number of aromatic amines is 1. The Bertz CT molecular complexity index is 809. The van der Waals surface area contributed by atoms with Crippen LogP contribution in [0.1, 0.15) is 34.4 Å². The molecule has 1 N–H and O–H groups in total. The summed E-state index contributed by atoms with van der Waals surface area (Å²) in [6.45, 7) is 0. The van der Waals surface area contributed by atoms with E-state index in [1.807, 2.05) is 11.3 Å². The zero-order chi connectivity index (χ0) is 13.1. The van der Waals surface area contributed by atoms with Crippen molar-refractivity contribution in [1.82, 2.24) is 4.98 Å². The van der Waals surface area contributed by atoms with Crippen molar-refractivity contribution in [3.63, 3.8) is 0 Å². The van der Waals surface area contributed by atoms with Gasteiger partial charge in [-0.05, 0) is 35.4 Å². The number of rotatable bonds is 1. The Balaban J connectivity index is 1.85. The van der Waals surface area contributed by atoms with Gasteiger partial charge in [-0.25, -0.2) is 0 Å². The molecule has 98 valence electrons. The number of thiophene rings is 1. The third-order valence-corrected chi connectivity index (χ3v) is 5.81. The topological polar surface area (TPSA) is 15.8 Å². The molecule has 0 unspecified atom stereocenters. The summed E-state index contributed by atoms with van der Waals surface area (Å²) in [4.78, 5) is 5.19. The van der Waals surface area contributed by atoms with Gasteiger partial charge in [0.15, 0.2) is 0 Å². The lowest BCUT2D eigenvalue weighted by atomic mass is 9.76. The summed E-state index contributed by atoms with van der Waals surface area (Å²) >= 11 is 1.89. The second-order valence-electron chi connectivity index (χ2n) is 5.88. The fourth-order valence-electron chi connectivity index (χ4n) is 4.04. The van der Waals surface area contributed by atoms with Crippen LogP contribution in [0.4, 0.5) is 0 Å². The van der Waals surface area contributed by atoms with Crippen LogP contribution in [0.25, 0.3) is 10.9 Å². The van der Waals surface area contributed by atoms with E-state index >= 15 is 0 Å². The van der Waals surface area contributed by atoms with E-state index in [1.54, 1.807) is 5.56 Å². The van der Waals surface area contributed by atoms with Gasteiger partial charge in [0.1, 0.15) is 0 Å². The van der Waals surface area contributed by atoms with Gasteiger partial charge in [-0.2, -0.15) is 0 Å². The fourth-order valence-corrected chi connectivity index (χ4v) is 4.95. The van der Waals surface area contributed by atoms with E-state index in [4.69, 9.17) is 0 Å². The number of hydrogen-bond donors (Lipinski definition) is 1. The molecule has 0 fully saturated rings. The third-order valence-electron chi connectivity index (χ3n) is 4.85. The summed E-state index contributed by atoms with van der Waals surface area (Å²) in [5.41, 5.74) is 4.30. The van der Waals surface area contributed by atoms with Gasteiger partial charge in [-0.1, -0.05) is 36.4 Å². The highest BCUT2D eigenvalue weighted by molar-refractivity contribution is 7.10. The first-order valence-corrected chi connectivity index (χ1v) is 8.12. The van der Waals surface area contributed by atoms with Crippen LogP contribution in [0.15, 0.2) is 53.9 Å². The molecule has 0 spiro atoms. The lowest BCUT2D eigenvalue weighted by molar-refractivity contribution is 0.500. The molecule has 3 aromatic rings. The maximum atomic E-state index is 3.69. The molecular formula is C18H15NS. The molecule has 2 heterocycles. The molecule has 0 amide bonds. The van der Waals surface area contributed by atoms with Crippen LogP contribution in [-0.2, 0) is 0 Å². The zero-order valence-electron chi connectivity index (χ0n) is 11.0. The predicted octanol–water partition coefficient (Wildman–Crippen LogP) is 5.03. The van der Waals surface area contributed by atoms with Gasteiger partial charge >= 0.3 is 0 Å². The predicted molar refractivity (Wildman–Crippen MR) is 84.4 cm³/mol. The van der Waals surface area contributed by atoms with E-state index in [-0.39, 0.29) is 0 Å². The molecule has 20 heavy (non-hydrogen) atoms. The molecule has 0 saturated carbocycles. The lowest BCUT2D eigenvalue weighted by Gasteiger charge is -2.29. The first kappa shape index (κ1) is 10.9. The minimum absolute atomic E-state index is 0.538. The molecule has 0 radical (unpaired) electrons. The van der Waals surface area contributed by atoms with Crippen molar-refractivity contribution < 1.29 is 0 Å². The quantitative estimate of drug-likeness (QED) is 0.600. The molecule has 0 aliphatic heterocycles. The normalized spacial score (nSPS) is 27.1. The SMILES string of the molecule is C1=C[C@H]2C[C@@H]1[C@H](c1cccs1)c1c2[nH]c2ccccc12. The van der Waals surface area contributed by atoms with Gasteiger partial charge in [-0.3, -0.25) is 0 Å². The van der Waals surface area contributed by atoms with Gasteiger partial charge < -0.3 is 4.98 Å². The van der Waals surface area contributed by atoms with Crippen LogP contribution in [0.3, 0.4) is 0 Å². The average molecular weight is 277 g/mol. The van der Waals surface area contributed by atoms with Crippen molar-refractivity contribution in [3.05, 3.63) is 70.1 Å². The molecule has 2 aliphatic rings. The molecule has 0 saturated heterocycles. The summed E-state index contributed by atoms with van der Waals surface area (Å²) in [5.74, 6) is 1.81. The van der Waals surface area contributed by atoms with Crippen molar-refractivity contribution in [2.24, 2.45) is 5.92 Å². The number of allylic oxidation sites excluding steroid dienone is 2. The maximum absolute atomic E-state index is 3.69. The summed E-state index contributed by atoms with van der Waals surface area (Å²) in [5, 5.41) is 3.62. The molecule has 1 nitrogen and oxygen atoms in total. The van der Waals surface area contributed by atoms with E-state index in [0.717, 1.165) is 0 Å². The molecule has 5 rings (SSSR count). The van der Waals surface area contributed by atoms with Gasteiger partial charge in [0, 0.05) is 33.3 Å². The highest BCUT2D eigenvalue weighted by Crippen LogP contribution is 2.53. The monoisotopic (exact) mass is 277 g/mol. The van der Waals surface area contributed by atoms with E-state index in [9.17, 15) is 0 Å². The Morgan fingerprint density at radius 1 is 1.05 bits per heavy atom. The highest BCUT2D eigenvalue weighted by atomic mass is 32.1. The Morgan fingerprint density at radius 3 is 2.90 bits per heavy atom. The molecule has 2 aliphatic carbocycles. The van der Waals surface area contributed by atoms with Crippen LogP contribution >= 0.6 is 11.3 Å². The molecule has 2 heteroatoms. The smallest absolute Gasteiger partial charge is 0.0459 e. The minimum Gasteiger partial charge on any atom is -0.358 e. The number of hydrogen-bond acceptors (Lipinski definition) is 1. The largest absolute Gasteiger partial charge is 0.358 e. The van der Waals surface area contributed by atoms with Crippen LogP contribution in [0.2, 0.25) is 0 Å². The van der Waals surface area contributed by atoms with Crippen molar-refractivity contribution in [3.8, 4) is 0 Å². The van der Waals surface area contributed by atoms with Crippen LogP contribution in [0, 0.1) is 5.92 Å². The highest BCUT2D eigenvalue weighted by Gasteiger charge is 2.39. The Hall–Kier alpha value is -1.80. The number of nitrogens with one attached hydrogen (secondary N) is 1. The molecule has 2 bridgehead atoms. The summed E-state index contributed by atoms with van der Waals surface area (Å²) in [6.07, 6.45) is 6.12. The van der Waals surface area contributed by atoms with Crippen LogP contribution in [0.5, 0.6) is 0 Å².